The largest absolute Gasteiger partial charge is 0.392 e. The van der Waals surface area contributed by atoms with E-state index >= 15 is 0 Å². The SMILES string of the molecule is CCC(c1ccccc1)C(O)Cc1ccc(C)cc1. The molecule has 2 unspecified atom stereocenters. The van der Waals surface area contributed by atoms with Crippen molar-refractivity contribution in [3.8, 4) is 0 Å². The second kappa shape index (κ2) is 6.53. The second-order valence-corrected chi connectivity index (χ2v) is 5.18. The van der Waals surface area contributed by atoms with Gasteiger partial charge in [0.05, 0.1) is 6.10 Å². The Hall–Kier alpha value is -1.60. The van der Waals surface area contributed by atoms with Gasteiger partial charge in [0.25, 0.3) is 0 Å². The summed E-state index contributed by atoms with van der Waals surface area (Å²) in [7, 11) is 0. The lowest BCUT2D eigenvalue weighted by molar-refractivity contribution is 0.141. The number of hydrogen-bond donors (Lipinski definition) is 1. The molecule has 0 saturated carbocycles. The molecule has 0 radical (unpaired) electrons. The molecular formula is C18H22O. The summed E-state index contributed by atoms with van der Waals surface area (Å²) in [6.45, 7) is 4.22. The number of aliphatic hydroxyl groups excluding tert-OH is 1. The van der Waals surface area contributed by atoms with Gasteiger partial charge in [0, 0.05) is 5.92 Å². The van der Waals surface area contributed by atoms with E-state index in [0.717, 1.165) is 6.42 Å². The van der Waals surface area contributed by atoms with Crippen LogP contribution >= 0.6 is 0 Å². The van der Waals surface area contributed by atoms with E-state index in [2.05, 4.69) is 50.2 Å². The van der Waals surface area contributed by atoms with Crippen LogP contribution in [0.5, 0.6) is 0 Å². The minimum Gasteiger partial charge on any atom is -0.392 e. The van der Waals surface area contributed by atoms with Crippen molar-refractivity contribution in [3.63, 3.8) is 0 Å². The van der Waals surface area contributed by atoms with Crippen LogP contribution < -0.4 is 0 Å². The summed E-state index contributed by atoms with van der Waals surface area (Å²) in [5, 5.41) is 10.5. The quantitative estimate of drug-likeness (QED) is 0.852. The molecule has 0 aliphatic carbocycles. The van der Waals surface area contributed by atoms with Gasteiger partial charge in [0.1, 0.15) is 0 Å². The average Bonchev–Trinajstić information content (AvgIpc) is 2.43. The molecule has 2 aromatic rings. The fraction of sp³-hybridized carbons (Fsp3) is 0.333. The van der Waals surface area contributed by atoms with E-state index in [1.807, 2.05) is 18.2 Å². The molecule has 2 atom stereocenters. The topological polar surface area (TPSA) is 20.2 Å². The van der Waals surface area contributed by atoms with Crippen LogP contribution in [0.4, 0.5) is 0 Å². The van der Waals surface area contributed by atoms with Crippen molar-refractivity contribution in [2.75, 3.05) is 0 Å². The molecule has 2 aromatic carbocycles. The molecule has 0 amide bonds. The molecule has 0 spiro atoms. The highest BCUT2D eigenvalue weighted by molar-refractivity contribution is 5.24. The summed E-state index contributed by atoms with van der Waals surface area (Å²) in [6.07, 6.45) is 1.35. The molecule has 100 valence electrons. The van der Waals surface area contributed by atoms with Crippen LogP contribution in [0.2, 0.25) is 0 Å². The van der Waals surface area contributed by atoms with Crippen molar-refractivity contribution in [1.82, 2.24) is 0 Å². The molecular weight excluding hydrogens is 232 g/mol. The predicted octanol–water partition coefficient (Wildman–Crippen LogP) is 4.09. The first-order valence-corrected chi connectivity index (χ1v) is 6.99. The maximum atomic E-state index is 10.5. The Morgan fingerprint density at radius 1 is 0.947 bits per heavy atom. The molecule has 0 aliphatic heterocycles. The summed E-state index contributed by atoms with van der Waals surface area (Å²) >= 11 is 0. The van der Waals surface area contributed by atoms with E-state index in [9.17, 15) is 5.11 Å². The highest BCUT2D eigenvalue weighted by Crippen LogP contribution is 2.25. The first kappa shape index (κ1) is 13.8. The Kier molecular flexibility index (Phi) is 4.75. The van der Waals surface area contributed by atoms with E-state index in [4.69, 9.17) is 0 Å². The van der Waals surface area contributed by atoms with Gasteiger partial charge in [-0.3, -0.25) is 0 Å². The van der Waals surface area contributed by atoms with Gasteiger partial charge in [-0.1, -0.05) is 67.1 Å². The molecule has 0 fully saturated rings. The number of benzene rings is 2. The lowest BCUT2D eigenvalue weighted by Gasteiger charge is -2.22. The van der Waals surface area contributed by atoms with Crippen molar-refractivity contribution in [2.45, 2.75) is 38.7 Å². The third kappa shape index (κ3) is 3.68. The fourth-order valence-corrected chi connectivity index (χ4v) is 2.54. The van der Waals surface area contributed by atoms with E-state index in [1.165, 1.54) is 16.7 Å². The summed E-state index contributed by atoms with van der Waals surface area (Å²) < 4.78 is 0. The van der Waals surface area contributed by atoms with E-state index in [-0.39, 0.29) is 12.0 Å². The van der Waals surface area contributed by atoms with Gasteiger partial charge < -0.3 is 5.11 Å². The summed E-state index contributed by atoms with van der Waals surface area (Å²) in [6, 6.07) is 18.7. The van der Waals surface area contributed by atoms with Gasteiger partial charge in [-0.25, -0.2) is 0 Å². The van der Waals surface area contributed by atoms with Gasteiger partial charge in [-0.05, 0) is 30.9 Å². The Morgan fingerprint density at radius 2 is 1.58 bits per heavy atom. The standard InChI is InChI=1S/C18H22O/c1-3-17(16-7-5-4-6-8-16)18(19)13-15-11-9-14(2)10-12-15/h4-12,17-19H,3,13H2,1-2H3. The van der Waals surface area contributed by atoms with Crippen molar-refractivity contribution in [3.05, 3.63) is 71.3 Å². The van der Waals surface area contributed by atoms with Crippen LogP contribution in [0.1, 0.15) is 36.0 Å². The maximum Gasteiger partial charge on any atom is 0.0648 e. The molecule has 0 bridgehead atoms. The second-order valence-electron chi connectivity index (χ2n) is 5.18. The van der Waals surface area contributed by atoms with Crippen molar-refractivity contribution >= 4 is 0 Å². The number of aryl methyl sites for hydroxylation is 1. The smallest absolute Gasteiger partial charge is 0.0648 e. The van der Waals surface area contributed by atoms with Crippen LogP contribution in [0.25, 0.3) is 0 Å². The molecule has 0 saturated heterocycles. The van der Waals surface area contributed by atoms with Gasteiger partial charge in [0.2, 0.25) is 0 Å². The normalized spacial score (nSPS) is 14.1. The zero-order valence-electron chi connectivity index (χ0n) is 11.7. The predicted molar refractivity (Wildman–Crippen MR) is 80.4 cm³/mol. The van der Waals surface area contributed by atoms with Crippen molar-refractivity contribution in [2.24, 2.45) is 0 Å². The Bertz CT molecular complexity index is 487. The lowest BCUT2D eigenvalue weighted by atomic mass is 9.87. The molecule has 1 heteroatoms. The average molecular weight is 254 g/mol. The molecule has 1 nitrogen and oxygen atoms in total. The van der Waals surface area contributed by atoms with E-state index in [1.54, 1.807) is 0 Å². The molecule has 2 rings (SSSR count). The van der Waals surface area contributed by atoms with Crippen LogP contribution in [0.15, 0.2) is 54.6 Å². The van der Waals surface area contributed by atoms with Crippen LogP contribution in [0, 0.1) is 6.92 Å². The molecule has 19 heavy (non-hydrogen) atoms. The van der Waals surface area contributed by atoms with Gasteiger partial charge in [-0.15, -0.1) is 0 Å². The lowest BCUT2D eigenvalue weighted by Crippen LogP contribution is -2.20. The van der Waals surface area contributed by atoms with Crippen LogP contribution in [-0.2, 0) is 6.42 Å². The summed E-state index contributed by atoms with van der Waals surface area (Å²) in [5.74, 6) is 0.211. The Labute approximate surface area is 115 Å². The monoisotopic (exact) mass is 254 g/mol. The fourth-order valence-electron chi connectivity index (χ4n) is 2.54. The number of hydrogen-bond acceptors (Lipinski definition) is 1. The zero-order chi connectivity index (χ0) is 13.7. The van der Waals surface area contributed by atoms with Gasteiger partial charge in [0.15, 0.2) is 0 Å². The third-order valence-corrected chi connectivity index (χ3v) is 3.70. The van der Waals surface area contributed by atoms with Gasteiger partial charge in [-0.2, -0.15) is 0 Å². The Morgan fingerprint density at radius 3 is 2.16 bits per heavy atom. The maximum absolute atomic E-state index is 10.5. The highest BCUT2D eigenvalue weighted by atomic mass is 16.3. The molecule has 0 aromatic heterocycles. The highest BCUT2D eigenvalue weighted by Gasteiger charge is 2.19. The first-order valence-electron chi connectivity index (χ1n) is 6.99. The van der Waals surface area contributed by atoms with Crippen molar-refractivity contribution in [1.29, 1.82) is 0 Å². The van der Waals surface area contributed by atoms with Crippen LogP contribution in [0.3, 0.4) is 0 Å². The number of rotatable bonds is 5. The van der Waals surface area contributed by atoms with Gasteiger partial charge >= 0.3 is 0 Å². The third-order valence-electron chi connectivity index (χ3n) is 3.70. The zero-order valence-corrected chi connectivity index (χ0v) is 11.7. The molecule has 0 heterocycles. The Balaban J connectivity index is 2.09. The van der Waals surface area contributed by atoms with Crippen LogP contribution in [-0.4, -0.2) is 11.2 Å². The number of aliphatic hydroxyl groups is 1. The van der Waals surface area contributed by atoms with E-state index in [0.29, 0.717) is 6.42 Å². The molecule has 1 N–H and O–H groups in total. The first-order chi connectivity index (χ1) is 9.20. The molecule has 0 aliphatic rings. The van der Waals surface area contributed by atoms with E-state index < -0.39 is 0 Å². The minimum absolute atomic E-state index is 0.211. The summed E-state index contributed by atoms with van der Waals surface area (Å²) in [4.78, 5) is 0. The van der Waals surface area contributed by atoms with Crippen molar-refractivity contribution < 1.29 is 5.11 Å². The summed E-state index contributed by atoms with van der Waals surface area (Å²) in [5.41, 5.74) is 3.69. The minimum atomic E-state index is -0.324.